The summed E-state index contributed by atoms with van der Waals surface area (Å²) in [6, 6.07) is 14.7. The van der Waals surface area contributed by atoms with E-state index in [0.717, 1.165) is 36.6 Å². The van der Waals surface area contributed by atoms with Crippen LogP contribution in [-0.2, 0) is 24.3 Å². The SMILES string of the molecule is CCc1ccc(CN(C)C(=O)CSc2nnc(CN3CCCCC3)n2-c2ccc(F)cc2)cc1. The molecule has 0 N–H and O–H groups in total. The van der Waals surface area contributed by atoms with E-state index in [4.69, 9.17) is 0 Å². The second-order valence-electron chi connectivity index (χ2n) is 8.76. The maximum absolute atomic E-state index is 13.6. The Hall–Kier alpha value is -2.71. The molecule has 1 aliphatic heterocycles. The molecule has 1 saturated heterocycles. The highest BCUT2D eigenvalue weighted by Crippen LogP contribution is 2.24. The number of hydrogen-bond donors (Lipinski definition) is 0. The summed E-state index contributed by atoms with van der Waals surface area (Å²) in [6.45, 7) is 5.47. The van der Waals surface area contributed by atoms with Crippen LogP contribution in [0.2, 0.25) is 0 Å². The third-order valence-corrected chi connectivity index (χ3v) is 7.11. The molecule has 2 heterocycles. The number of thioether (sulfide) groups is 1. The fraction of sp³-hybridized carbons (Fsp3) is 0.423. The monoisotopic (exact) mass is 481 g/mol. The Morgan fingerprint density at radius 3 is 2.35 bits per heavy atom. The van der Waals surface area contributed by atoms with Gasteiger partial charge in [-0.1, -0.05) is 49.4 Å². The maximum atomic E-state index is 13.6. The smallest absolute Gasteiger partial charge is 0.233 e. The van der Waals surface area contributed by atoms with Gasteiger partial charge < -0.3 is 4.90 Å². The van der Waals surface area contributed by atoms with E-state index in [1.165, 1.54) is 48.7 Å². The summed E-state index contributed by atoms with van der Waals surface area (Å²) in [4.78, 5) is 17.0. The summed E-state index contributed by atoms with van der Waals surface area (Å²) < 4.78 is 15.5. The van der Waals surface area contributed by atoms with E-state index in [-0.39, 0.29) is 17.5 Å². The van der Waals surface area contributed by atoms with E-state index in [1.54, 1.807) is 17.0 Å². The number of benzene rings is 2. The van der Waals surface area contributed by atoms with Crippen LogP contribution < -0.4 is 0 Å². The van der Waals surface area contributed by atoms with Crippen LogP contribution in [-0.4, -0.2) is 56.4 Å². The van der Waals surface area contributed by atoms with Crippen LogP contribution in [0.25, 0.3) is 5.69 Å². The van der Waals surface area contributed by atoms with E-state index in [0.29, 0.717) is 18.2 Å². The number of hydrogen-bond acceptors (Lipinski definition) is 5. The molecule has 0 saturated carbocycles. The van der Waals surface area contributed by atoms with Crippen LogP contribution in [0.3, 0.4) is 0 Å². The number of rotatable bonds is 9. The lowest BCUT2D eigenvalue weighted by Gasteiger charge is -2.26. The van der Waals surface area contributed by atoms with Crippen LogP contribution in [0.5, 0.6) is 0 Å². The van der Waals surface area contributed by atoms with Crippen molar-refractivity contribution in [2.75, 3.05) is 25.9 Å². The van der Waals surface area contributed by atoms with Crippen molar-refractivity contribution < 1.29 is 9.18 Å². The molecule has 4 rings (SSSR count). The van der Waals surface area contributed by atoms with Crippen molar-refractivity contribution in [2.24, 2.45) is 0 Å². The first-order valence-corrected chi connectivity index (χ1v) is 12.9. The molecule has 0 radical (unpaired) electrons. The van der Waals surface area contributed by atoms with Crippen LogP contribution >= 0.6 is 11.8 Å². The van der Waals surface area contributed by atoms with E-state index in [1.807, 2.05) is 11.6 Å². The molecule has 0 aliphatic carbocycles. The zero-order valence-corrected chi connectivity index (χ0v) is 20.7. The van der Waals surface area contributed by atoms with Gasteiger partial charge in [-0.25, -0.2) is 4.39 Å². The van der Waals surface area contributed by atoms with Crippen LogP contribution in [0.4, 0.5) is 4.39 Å². The molecule has 1 fully saturated rings. The number of carbonyl (C=O) groups excluding carboxylic acids is 1. The van der Waals surface area contributed by atoms with Gasteiger partial charge in [0.1, 0.15) is 5.82 Å². The second-order valence-corrected chi connectivity index (χ2v) is 9.70. The molecule has 1 aliphatic rings. The highest BCUT2D eigenvalue weighted by atomic mass is 32.2. The number of nitrogens with zero attached hydrogens (tertiary/aromatic N) is 5. The van der Waals surface area contributed by atoms with Crippen molar-refractivity contribution in [3.8, 4) is 5.69 Å². The van der Waals surface area contributed by atoms with Gasteiger partial charge in [0.25, 0.3) is 0 Å². The first kappa shape index (κ1) is 24.4. The first-order chi connectivity index (χ1) is 16.5. The minimum absolute atomic E-state index is 0.0239. The van der Waals surface area contributed by atoms with Gasteiger partial charge in [0, 0.05) is 19.3 Å². The van der Waals surface area contributed by atoms with Gasteiger partial charge in [0.15, 0.2) is 11.0 Å². The molecule has 1 amide bonds. The number of aromatic nitrogens is 3. The fourth-order valence-electron chi connectivity index (χ4n) is 4.14. The molecule has 1 aromatic heterocycles. The molecule has 2 aromatic carbocycles. The highest BCUT2D eigenvalue weighted by molar-refractivity contribution is 7.99. The van der Waals surface area contributed by atoms with Gasteiger partial charge in [-0.05, 0) is 67.7 Å². The number of halogens is 1. The van der Waals surface area contributed by atoms with Gasteiger partial charge >= 0.3 is 0 Å². The fourth-order valence-corrected chi connectivity index (χ4v) is 5.05. The third kappa shape index (κ3) is 6.24. The number of aryl methyl sites for hydroxylation is 1. The van der Waals surface area contributed by atoms with Crippen molar-refractivity contribution in [3.63, 3.8) is 0 Å². The van der Waals surface area contributed by atoms with E-state index in [9.17, 15) is 9.18 Å². The predicted molar refractivity (Wildman–Crippen MR) is 133 cm³/mol. The topological polar surface area (TPSA) is 54.3 Å². The summed E-state index contributed by atoms with van der Waals surface area (Å²) in [5.74, 6) is 0.808. The molecule has 34 heavy (non-hydrogen) atoms. The molecular weight excluding hydrogens is 449 g/mol. The largest absolute Gasteiger partial charge is 0.341 e. The van der Waals surface area contributed by atoms with Gasteiger partial charge in [0.05, 0.1) is 12.3 Å². The van der Waals surface area contributed by atoms with Crippen molar-refractivity contribution in [1.82, 2.24) is 24.6 Å². The summed E-state index contributed by atoms with van der Waals surface area (Å²) in [5, 5.41) is 9.49. The standard InChI is InChI=1S/C26H32FN5OS/c1-3-20-7-9-21(10-8-20)17-30(2)25(33)19-34-26-29-28-24(18-31-15-5-4-6-16-31)32(26)23-13-11-22(27)12-14-23/h7-14H,3-6,15-19H2,1-2H3. The zero-order valence-electron chi connectivity index (χ0n) is 19.9. The summed E-state index contributed by atoms with van der Waals surface area (Å²) in [7, 11) is 1.82. The van der Waals surface area contributed by atoms with Crippen molar-refractivity contribution in [2.45, 2.75) is 50.9 Å². The van der Waals surface area contributed by atoms with Gasteiger partial charge in [0.2, 0.25) is 5.91 Å². The number of amides is 1. The number of likely N-dealkylation sites (tertiary alicyclic amines) is 1. The summed E-state index contributed by atoms with van der Waals surface area (Å²) >= 11 is 1.37. The molecule has 180 valence electrons. The van der Waals surface area contributed by atoms with Crippen molar-refractivity contribution in [1.29, 1.82) is 0 Å². The Kier molecular flexibility index (Phi) is 8.34. The Bertz CT molecular complexity index is 1080. The van der Waals surface area contributed by atoms with E-state index in [2.05, 4.69) is 46.3 Å². The number of piperidine rings is 1. The average Bonchev–Trinajstić information content (AvgIpc) is 3.26. The van der Waals surface area contributed by atoms with E-state index < -0.39 is 0 Å². The van der Waals surface area contributed by atoms with Gasteiger partial charge in [-0.15, -0.1) is 10.2 Å². The quantitative estimate of drug-likeness (QED) is 0.415. The van der Waals surface area contributed by atoms with Crippen molar-refractivity contribution >= 4 is 17.7 Å². The second kappa shape index (κ2) is 11.6. The lowest BCUT2D eigenvalue weighted by molar-refractivity contribution is -0.127. The van der Waals surface area contributed by atoms with Crippen LogP contribution in [0, 0.1) is 5.82 Å². The zero-order chi connectivity index (χ0) is 23.9. The number of carbonyl (C=O) groups is 1. The van der Waals surface area contributed by atoms with Crippen LogP contribution in [0.1, 0.15) is 43.1 Å². The highest BCUT2D eigenvalue weighted by Gasteiger charge is 2.20. The predicted octanol–water partition coefficient (Wildman–Crippen LogP) is 4.71. The Morgan fingerprint density at radius 1 is 1.00 bits per heavy atom. The third-order valence-electron chi connectivity index (χ3n) is 6.20. The van der Waals surface area contributed by atoms with Gasteiger partial charge in [-0.2, -0.15) is 0 Å². The molecule has 6 nitrogen and oxygen atoms in total. The van der Waals surface area contributed by atoms with Crippen molar-refractivity contribution in [3.05, 3.63) is 71.3 Å². The minimum atomic E-state index is -0.285. The Labute approximate surface area is 205 Å². The van der Waals surface area contributed by atoms with Crippen LogP contribution in [0.15, 0.2) is 53.7 Å². The maximum Gasteiger partial charge on any atom is 0.233 e. The Balaban J connectivity index is 1.45. The molecular formula is C26H32FN5OS. The summed E-state index contributed by atoms with van der Waals surface area (Å²) in [5.41, 5.74) is 3.20. The molecule has 8 heteroatoms. The van der Waals surface area contributed by atoms with E-state index >= 15 is 0 Å². The normalized spacial score (nSPS) is 14.3. The summed E-state index contributed by atoms with van der Waals surface area (Å²) in [6.07, 6.45) is 4.64. The molecule has 0 unspecified atom stereocenters. The average molecular weight is 482 g/mol. The molecule has 0 bridgehead atoms. The molecule has 0 spiro atoms. The molecule has 0 atom stereocenters. The molecule has 3 aromatic rings. The minimum Gasteiger partial charge on any atom is -0.341 e. The lowest BCUT2D eigenvalue weighted by atomic mass is 10.1. The first-order valence-electron chi connectivity index (χ1n) is 11.9. The van der Waals surface area contributed by atoms with Gasteiger partial charge in [-0.3, -0.25) is 14.3 Å². The Morgan fingerprint density at radius 2 is 1.68 bits per heavy atom. The lowest BCUT2D eigenvalue weighted by Crippen LogP contribution is -2.30.